The van der Waals surface area contributed by atoms with Gasteiger partial charge in [-0.3, -0.25) is 0 Å². The first kappa shape index (κ1) is 13.8. The number of hydrogen-bond donors (Lipinski definition) is 0. The molecule has 0 bridgehead atoms. The summed E-state index contributed by atoms with van der Waals surface area (Å²) in [5, 5.41) is 0. The van der Waals surface area contributed by atoms with E-state index in [2.05, 4.69) is 26.5 Å². The Hall–Kier alpha value is -1.65. The number of ether oxygens (including phenoxy) is 1. The molecule has 1 unspecified atom stereocenters. The SMILES string of the molecule is CCCC1CCCCN1c1cnc(C(=O)OC)cn1. The first-order chi connectivity index (χ1) is 9.26. The summed E-state index contributed by atoms with van der Waals surface area (Å²) in [4.78, 5) is 22.2. The monoisotopic (exact) mass is 263 g/mol. The summed E-state index contributed by atoms with van der Waals surface area (Å²) in [7, 11) is 1.35. The van der Waals surface area contributed by atoms with Gasteiger partial charge in [-0.25, -0.2) is 14.8 Å². The Morgan fingerprint density at radius 2 is 2.26 bits per heavy atom. The van der Waals surface area contributed by atoms with Crippen LogP contribution < -0.4 is 4.90 Å². The summed E-state index contributed by atoms with van der Waals surface area (Å²) in [6, 6.07) is 0.553. The fourth-order valence-corrected chi connectivity index (χ4v) is 2.62. The van der Waals surface area contributed by atoms with Crippen molar-refractivity contribution in [3.63, 3.8) is 0 Å². The van der Waals surface area contributed by atoms with Crippen LogP contribution in [0.15, 0.2) is 12.4 Å². The summed E-state index contributed by atoms with van der Waals surface area (Å²) in [6.45, 7) is 3.23. The average molecular weight is 263 g/mol. The van der Waals surface area contributed by atoms with Crippen LogP contribution in [0.1, 0.15) is 49.5 Å². The number of aromatic nitrogens is 2. The highest BCUT2D eigenvalue weighted by atomic mass is 16.5. The Labute approximate surface area is 114 Å². The highest BCUT2D eigenvalue weighted by Gasteiger charge is 2.23. The van der Waals surface area contributed by atoms with Gasteiger partial charge in [0, 0.05) is 12.6 Å². The van der Waals surface area contributed by atoms with Gasteiger partial charge in [0.2, 0.25) is 0 Å². The maximum atomic E-state index is 11.3. The third kappa shape index (κ3) is 3.22. The van der Waals surface area contributed by atoms with E-state index in [-0.39, 0.29) is 5.69 Å². The van der Waals surface area contributed by atoms with E-state index in [1.807, 2.05) is 0 Å². The minimum Gasteiger partial charge on any atom is -0.464 e. The van der Waals surface area contributed by atoms with Gasteiger partial charge in [-0.2, -0.15) is 0 Å². The molecule has 1 saturated heterocycles. The Balaban J connectivity index is 2.13. The van der Waals surface area contributed by atoms with Gasteiger partial charge in [0.15, 0.2) is 5.69 Å². The van der Waals surface area contributed by atoms with Gasteiger partial charge in [-0.15, -0.1) is 0 Å². The number of carbonyl (C=O) groups excluding carboxylic acids is 1. The van der Waals surface area contributed by atoms with Gasteiger partial charge in [-0.1, -0.05) is 13.3 Å². The molecule has 1 aliphatic heterocycles. The molecule has 0 N–H and O–H groups in total. The number of rotatable bonds is 4. The van der Waals surface area contributed by atoms with Crippen LogP contribution in [-0.4, -0.2) is 35.6 Å². The van der Waals surface area contributed by atoms with Crippen LogP contribution in [-0.2, 0) is 4.74 Å². The second kappa shape index (κ2) is 6.50. The van der Waals surface area contributed by atoms with Gasteiger partial charge in [0.1, 0.15) is 5.82 Å². The number of anilines is 1. The Bertz CT molecular complexity index is 417. The third-order valence-corrected chi connectivity index (χ3v) is 3.58. The molecule has 2 heterocycles. The average Bonchev–Trinajstić information content (AvgIpc) is 2.47. The van der Waals surface area contributed by atoms with Crippen molar-refractivity contribution in [1.82, 2.24) is 9.97 Å². The topological polar surface area (TPSA) is 55.3 Å². The summed E-state index contributed by atoms with van der Waals surface area (Å²) < 4.78 is 4.63. The smallest absolute Gasteiger partial charge is 0.358 e. The quantitative estimate of drug-likeness (QED) is 0.781. The molecule has 2 rings (SSSR count). The van der Waals surface area contributed by atoms with Crippen molar-refractivity contribution in [3.8, 4) is 0 Å². The molecule has 0 spiro atoms. The molecule has 5 heteroatoms. The lowest BCUT2D eigenvalue weighted by Gasteiger charge is -2.36. The molecule has 5 nitrogen and oxygen atoms in total. The Morgan fingerprint density at radius 1 is 1.42 bits per heavy atom. The van der Waals surface area contributed by atoms with Gasteiger partial charge in [0.05, 0.1) is 19.5 Å². The van der Waals surface area contributed by atoms with Crippen LogP contribution in [0, 0.1) is 0 Å². The Morgan fingerprint density at radius 3 is 2.89 bits per heavy atom. The second-order valence-corrected chi connectivity index (χ2v) is 4.88. The largest absolute Gasteiger partial charge is 0.464 e. The van der Waals surface area contributed by atoms with Crippen molar-refractivity contribution in [1.29, 1.82) is 0 Å². The van der Waals surface area contributed by atoms with Crippen molar-refractivity contribution in [2.75, 3.05) is 18.6 Å². The molecule has 1 atom stereocenters. The summed E-state index contributed by atoms with van der Waals surface area (Å²) in [6.07, 6.45) is 9.23. The molecule has 0 amide bonds. The molecular formula is C14H21N3O2. The molecule has 1 fully saturated rings. The van der Waals surface area contributed by atoms with Crippen LogP contribution in [0.25, 0.3) is 0 Å². The number of nitrogens with zero attached hydrogens (tertiary/aromatic N) is 3. The maximum Gasteiger partial charge on any atom is 0.358 e. The molecule has 19 heavy (non-hydrogen) atoms. The standard InChI is InChI=1S/C14H21N3O2/c1-3-6-11-7-4-5-8-17(11)13-10-15-12(9-16-13)14(18)19-2/h9-11H,3-8H2,1-2H3. The molecule has 1 aromatic rings. The van der Waals surface area contributed by atoms with Gasteiger partial charge >= 0.3 is 5.97 Å². The van der Waals surface area contributed by atoms with Crippen LogP contribution in [0.5, 0.6) is 0 Å². The van der Waals surface area contributed by atoms with Gasteiger partial charge in [-0.05, 0) is 25.7 Å². The van der Waals surface area contributed by atoms with E-state index in [1.54, 1.807) is 6.20 Å². The molecule has 104 valence electrons. The van der Waals surface area contributed by atoms with Crippen LogP contribution in [0.4, 0.5) is 5.82 Å². The third-order valence-electron chi connectivity index (χ3n) is 3.58. The number of hydrogen-bond acceptors (Lipinski definition) is 5. The van der Waals surface area contributed by atoms with Crippen molar-refractivity contribution in [3.05, 3.63) is 18.1 Å². The van der Waals surface area contributed by atoms with Crippen LogP contribution >= 0.6 is 0 Å². The molecule has 0 aromatic carbocycles. The number of carbonyl (C=O) groups is 1. The zero-order valence-corrected chi connectivity index (χ0v) is 11.6. The van der Waals surface area contributed by atoms with E-state index < -0.39 is 5.97 Å². The summed E-state index contributed by atoms with van der Waals surface area (Å²) in [5.74, 6) is 0.425. The first-order valence-electron chi connectivity index (χ1n) is 6.93. The van der Waals surface area contributed by atoms with E-state index in [1.165, 1.54) is 45.4 Å². The predicted octanol–water partition coefficient (Wildman–Crippen LogP) is 2.42. The molecule has 1 aliphatic rings. The van der Waals surface area contributed by atoms with E-state index >= 15 is 0 Å². The van der Waals surface area contributed by atoms with Gasteiger partial charge in [0.25, 0.3) is 0 Å². The molecule has 1 aromatic heterocycles. The van der Waals surface area contributed by atoms with Crippen LogP contribution in [0.3, 0.4) is 0 Å². The van der Waals surface area contributed by atoms with Crippen molar-refractivity contribution >= 4 is 11.8 Å². The van der Waals surface area contributed by atoms with Crippen LogP contribution in [0.2, 0.25) is 0 Å². The molecule has 0 saturated carbocycles. The van der Waals surface area contributed by atoms with Gasteiger partial charge < -0.3 is 9.64 Å². The minimum atomic E-state index is -0.442. The van der Waals surface area contributed by atoms with Crippen molar-refractivity contribution < 1.29 is 9.53 Å². The molecule has 0 aliphatic carbocycles. The lowest BCUT2D eigenvalue weighted by atomic mass is 9.98. The number of esters is 1. The predicted molar refractivity (Wildman–Crippen MR) is 73.3 cm³/mol. The van der Waals surface area contributed by atoms with Crippen molar-refractivity contribution in [2.24, 2.45) is 0 Å². The summed E-state index contributed by atoms with van der Waals surface area (Å²) in [5.41, 5.74) is 0.260. The van der Waals surface area contributed by atoms with Crippen molar-refractivity contribution in [2.45, 2.75) is 45.1 Å². The number of piperidine rings is 1. The van der Waals surface area contributed by atoms with E-state index in [0.29, 0.717) is 6.04 Å². The maximum absolute atomic E-state index is 11.3. The number of methoxy groups -OCH3 is 1. The first-order valence-corrected chi connectivity index (χ1v) is 6.93. The lowest BCUT2D eigenvalue weighted by molar-refractivity contribution is 0.0593. The zero-order valence-electron chi connectivity index (χ0n) is 11.6. The fourth-order valence-electron chi connectivity index (χ4n) is 2.62. The second-order valence-electron chi connectivity index (χ2n) is 4.88. The zero-order chi connectivity index (χ0) is 13.7. The summed E-state index contributed by atoms with van der Waals surface area (Å²) >= 11 is 0. The highest BCUT2D eigenvalue weighted by molar-refractivity contribution is 5.86. The fraction of sp³-hybridized carbons (Fsp3) is 0.643. The Kier molecular flexibility index (Phi) is 4.71. The lowest BCUT2D eigenvalue weighted by Crippen LogP contribution is -2.40. The normalized spacial score (nSPS) is 19.3. The highest BCUT2D eigenvalue weighted by Crippen LogP contribution is 2.25. The molecular weight excluding hydrogens is 242 g/mol. The van der Waals surface area contributed by atoms with E-state index in [9.17, 15) is 4.79 Å². The van der Waals surface area contributed by atoms with E-state index in [0.717, 1.165) is 12.4 Å². The minimum absolute atomic E-state index is 0.260. The molecule has 0 radical (unpaired) electrons. The van der Waals surface area contributed by atoms with E-state index in [4.69, 9.17) is 0 Å².